The monoisotopic (exact) mass is 603 g/mol. The molecule has 4 rings (SSSR count). The number of likely N-dealkylation sites (N-methyl/N-ethyl adjacent to an activating group) is 2. The lowest BCUT2D eigenvalue weighted by Gasteiger charge is -2.32. The van der Waals surface area contributed by atoms with Crippen molar-refractivity contribution in [1.82, 2.24) is 29.6 Å². The summed E-state index contributed by atoms with van der Waals surface area (Å²) in [5, 5.41) is 12.3. The first-order valence-electron chi connectivity index (χ1n) is 15.0. The fourth-order valence-electron chi connectivity index (χ4n) is 5.25. The Kier molecular flexibility index (Phi) is 9.98. The van der Waals surface area contributed by atoms with E-state index in [4.69, 9.17) is 4.74 Å². The Bertz CT molecular complexity index is 1520. The summed E-state index contributed by atoms with van der Waals surface area (Å²) in [6, 6.07) is 12.1. The van der Waals surface area contributed by atoms with Crippen LogP contribution in [-0.4, -0.2) is 92.9 Å². The highest BCUT2D eigenvalue weighted by molar-refractivity contribution is 5.92. The summed E-state index contributed by atoms with van der Waals surface area (Å²) in [4.78, 5) is 43.0. The quantitative estimate of drug-likeness (QED) is 0.346. The maximum Gasteiger partial charge on any atom is 0.410 e. The molecule has 1 aromatic heterocycles. The van der Waals surface area contributed by atoms with Gasteiger partial charge in [-0.15, -0.1) is 0 Å². The highest BCUT2D eigenvalue weighted by atomic mass is 16.6. The van der Waals surface area contributed by atoms with Crippen LogP contribution < -0.4 is 5.32 Å². The van der Waals surface area contributed by atoms with E-state index >= 15 is 0 Å². The van der Waals surface area contributed by atoms with Crippen molar-refractivity contribution in [2.45, 2.75) is 53.3 Å². The van der Waals surface area contributed by atoms with Crippen LogP contribution >= 0.6 is 0 Å². The molecule has 0 aliphatic carbocycles. The average Bonchev–Trinajstić information content (AvgIpc) is 3.54. The van der Waals surface area contributed by atoms with E-state index in [1.54, 1.807) is 27.7 Å². The van der Waals surface area contributed by atoms with E-state index in [9.17, 15) is 14.4 Å². The highest BCUT2D eigenvalue weighted by Crippen LogP contribution is 2.27. The smallest absolute Gasteiger partial charge is 0.410 e. The Morgan fingerprint density at radius 1 is 1.07 bits per heavy atom. The number of nitrogens with zero attached hydrogens (tertiary/aromatic N) is 6. The van der Waals surface area contributed by atoms with Crippen LogP contribution in [0.15, 0.2) is 43.0 Å². The summed E-state index contributed by atoms with van der Waals surface area (Å²) in [7, 11) is 3.60. The molecule has 0 unspecified atom stereocenters. The maximum absolute atomic E-state index is 13.7. The molecule has 44 heavy (non-hydrogen) atoms. The van der Waals surface area contributed by atoms with Gasteiger partial charge in [0.05, 0.1) is 17.8 Å². The molecule has 2 heterocycles. The van der Waals surface area contributed by atoms with Gasteiger partial charge in [-0.05, 0) is 69.5 Å². The summed E-state index contributed by atoms with van der Waals surface area (Å²) in [5.41, 5.74) is 5.19. The van der Waals surface area contributed by atoms with Crippen molar-refractivity contribution in [2.24, 2.45) is 7.05 Å². The molecule has 3 aromatic rings. The van der Waals surface area contributed by atoms with Crippen LogP contribution in [0.4, 0.5) is 10.5 Å². The maximum atomic E-state index is 13.7. The van der Waals surface area contributed by atoms with Gasteiger partial charge in [0.25, 0.3) is 5.91 Å². The number of hydrogen-bond donors (Lipinski definition) is 1. The number of aromatic nitrogens is 2. The molecule has 0 radical (unpaired) electrons. The van der Waals surface area contributed by atoms with Gasteiger partial charge in [-0.3, -0.25) is 19.3 Å². The van der Waals surface area contributed by atoms with Crippen LogP contribution in [0.5, 0.6) is 0 Å². The van der Waals surface area contributed by atoms with Gasteiger partial charge in [0, 0.05) is 57.9 Å². The van der Waals surface area contributed by atoms with E-state index in [-0.39, 0.29) is 38.0 Å². The number of carbonyl (C=O) groups excluding carboxylic acids is 3. The molecule has 11 heteroatoms. The van der Waals surface area contributed by atoms with Gasteiger partial charge in [-0.2, -0.15) is 5.10 Å². The summed E-state index contributed by atoms with van der Waals surface area (Å²) in [6.45, 7) is 15.0. The Balaban J connectivity index is 1.48. The van der Waals surface area contributed by atoms with Crippen LogP contribution in [0.25, 0.3) is 17.0 Å². The number of amides is 3. The van der Waals surface area contributed by atoms with Gasteiger partial charge in [0.1, 0.15) is 12.1 Å². The second-order valence-corrected chi connectivity index (χ2v) is 12.1. The molecule has 3 amide bonds. The summed E-state index contributed by atoms with van der Waals surface area (Å²) >= 11 is 0. The van der Waals surface area contributed by atoms with E-state index in [1.165, 1.54) is 16.0 Å². The van der Waals surface area contributed by atoms with Crippen molar-refractivity contribution >= 4 is 40.6 Å². The van der Waals surface area contributed by atoms with E-state index in [0.717, 1.165) is 27.8 Å². The lowest BCUT2D eigenvalue weighted by Crippen LogP contribution is -2.50. The standard InChI is InChI=1S/C33H45N7O4/c1-9-27-26-17-23(3)28(18-29(26)36(7)35-27)34-19-30(41)39(16-15-38(10-2)32(43)44-33(4,5)6)22-31(42)37(8)40-20-24-13-11-12-14-25(24)21-40/h9,11-14,17-18,34H,1,10,15-16,19-22H2,2-8H3. The van der Waals surface area contributed by atoms with E-state index in [0.29, 0.717) is 19.6 Å². The minimum absolute atomic E-state index is 0.0246. The lowest BCUT2D eigenvalue weighted by atomic mass is 10.1. The van der Waals surface area contributed by atoms with Crippen molar-refractivity contribution in [1.29, 1.82) is 0 Å². The van der Waals surface area contributed by atoms with Crippen molar-refractivity contribution in [3.8, 4) is 0 Å². The zero-order valence-corrected chi connectivity index (χ0v) is 27.0. The molecule has 2 aromatic carbocycles. The minimum atomic E-state index is -0.644. The largest absolute Gasteiger partial charge is 0.444 e. The van der Waals surface area contributed by atoms with Gasteiger partial charge < -0.3 is 19.9 Å². The number of fused-ring (bicyclic) bond motifs is 2. The number of carbonyl (C=O) groups is 3. The molecule has 0 saturated carbocycles. The number of aryl methyl sites for hydroxylation is 2. The highest BCUT2D eigenvalue weighted by Gasteiger charge is 2.28. The zero-order valence-electron chi connectivity index (χ0n) is 27.0. The summed E-state index contributed by atoms with van der Waals surface area (Å²) < 4.78 is 7.33. The van der Waals surface area contributed by atoms with Crippen molar-refractivity contribution < 1.29 is 19.1 Å². The SMILES string of the molecule is C=Cc1nn(C)c2cc(NCC(=O)N(CCN(CC)C(=O)OC(C)(C)C)CC(=O)N(C)N3Cc4ccccc4C3)c(C)cc12. The minimum Gasteiger partial charge on any atom is -0.444 e. The number of nitrogens with one attached hydrogen (secondary N) is 1. The number of benzene rings is 2. The normalized spacial score (nSPS) is 13.0. The van der Waals surface area contributed by atoms with Crippen LogP contribution in [0.3, 0.4) is 0 Å². The third-order valence-electron chi connectivity index (χ3n) is 7.81. The molecule has 0 spiro atoms. The van der Waals surface area contributed by atoms with E-state index in [2.05, 4.69) is 29.1 Å². The first-order chi connectivity index (χ1) is 20.8. The predicted molar refractivity (Wildman–Crippen MR) is 173 cm³/mol. The Morgan fingerprint density at radius 2 is 1.70 bits per heavy atom. The van der Waals surface area contributed by atoms with Crippen molar-refractivity contribution in [3.63, 3.8) is 0 Å². The molecule has 0 fully saturated rings. The molecule has 1 aliphatic rings. The molecular formula is C33H45N7O4. The number of hydrazine groups is 1. The molecular weight excluding hydrogens is 558 g/mol. The fraction of sp³-hybridized carbons (Fsp3) is 0.455. The zero-order chi connectivity index (χ0) is 32.2. The van der Waals surface area contributed by atoms with Crippen LogP contribution in [0.1, 0.15) is 50.1 Å². The van der Waals surface area contributed by atoms with Crippen LogP contribution in [-0.2, 0) is 34.5 Å². The third-order valence-corrected chi connectivity index (χ3v) is 7.81. The number of hydrogen-bond acceptors (Lipinski definition) is 7. The molecule has 0 bridgehead atoms. The van der Waals surface area contributed by atoms with Gasteiger partial charge in [0.15, 0.2) is 0 Å². The second kappa shape index (κ2) is 13.5. The van der Waals surface area contributed by atoms with Gasteiger partial charge in [0.2, 0.25) is 5.91 Å². The Hall–Kier alpha value is -4.38. The van der Waals surface area contributed by atoms with Crippen LogP contribution in [0, 0.1) is 6.92 Å². The molecule has 1 aliphatic heterocycles. The summed E-state index contributed by atoms with van der Waals surface area (Å²) in [6.07, 6.45) is 1.27. The molecule has 0 atom stereocenters. The van der Waals surface area contributed by atoms with E-state index < -0.39 is 11.7 Å². The van der Waals surface area contributed by atoms with Gasteiger partial charge in [-0.25, -0.2) is 9.80 Å². The number of ether oxygens (including phenoxy) is 1. The summed E-state index contributed by atoms with van der Waals surface area (Å²) in [5.74, 6) is -0.469. The first kappa shape index (κ1) is 32.5. The Labute approximate surface area is 260 Å². The van der Waals surface area contributed by atoms with Crippen molar-refractivity contribution in [3.05, 3.63) is 65.4 Å². The van der Waals surface area contributed by atoms with Crippen LogP contribution in [0.2, 0.25) is 0 Å². The van der Waals surface area contributed by atoms with Gasteiger partial charge in [-0.1, -0.05) is 30.8 Å². The first-order valence-corrected chi connectivity index (χ1v) is 15.0. The molecule has 11 nitrogen and oxygen atoms in total. The lowest BCUT2D eigenvalue weighted by molar-refractivity contribution is -0.151. The Morgan fingerprint density at radius 3 is 2.30 bits per heavy atom. The second-order valence-electron chi connectivity index (χ2n) is 12.1. The van der Waals surface area contributed by atoms with Crippen molar-refractivity contribution in [2.75, 3.05) is 45.1 Å². The average molecular weight is 604 g/mol. The topological polar surface area (TPSA) is 103 Å². The molecule has 1 N–H and O–H groups in total. The number of rotatable bonds is 11. The predicted octanol–water partition coefficient (Wildman–Crippen LogP) is 4.41. The van der Waals surface area contributed by atoms with Gasteiger partial charge >= 0.3 is 6.09 Å². The molecule has 236 valence electrons. The fourth-order valence-corrected chi connectivity index (χ4v) is 5.25. The molecule has 0 saturated heterocycles. The van der Waals surface area contributed by atoms with E-state index in [1.807, 2.05) is 70.9 Å². The number of anilines is 1. The third kappa shape index (κ3) is 7.57.